The van der Waals surface area contributed by atoms with Crippen LogP contribution < -0.4 is 5.32 Å². The lowest BCUT2D eigenvalue weighted by atomic mass is 10.2. The molecule has 0 radical (unpaired) electrons. The molecular weight excluding hydrogens is 312 g/mol. The highest BCUT2D eigenvalue weighted by molar-refractivity contribution is 8.00. The van der Waals surface area contributed by atoms with Crippen molar-refractivity contribution in [1.82, 2.24) is 10.1 Å². The number of nitrogens with zero attached hydrogens (tertiary/aromatic N) is 3. The van der Waals surface area contributed by atoms with E-state index in [4.69, 9.17) is 4.52 Å². The Kier molecular flexibility index (Phi) is 5.40. The Labute approximate surface area is 139 Å². The predicted octanol–water partition coefficient (Wildman–Crippen LogP) is 3.38. The first-order valence-corrected chi connectivity index (χ1v) is 8.11. The van der Waals surface area contributed by atoms with Crippen LogP contribution in [0.25, 0.3) is 0 Å². The van der Waals surface area contributed by atoms with Gasteiger partial charge in [0.25, 0.3) is 0 Å². The second-order valence-corrected chi connectivity index (χ2v) is 6.37. The Morgan fingerprint density at radius 2 is 2.17 bits per heavy atom. The van der Waals surface area contributed by atoms with Gasteiger partial charge in [0.2, 0.25) is 5.91 Å². The fourth-order valence-electron chi connectivity index (χ4n) is 1.94. The molecule has 1 atom stereocenters. The van der Waals surface area contributed by atoms with E-state index >= 15 is 0 Å². The molecule has 0 saturated heterocycles. The molecule has 0 aliphatic heterocycles. The van der Waals surface area contributed by atoms with Crippen LogP contribution in [0.2, 0.25) is 0 Å². The van der Waals surface area contributed by atoms with Crippen molar-refractivity contribution in [2.75, 3.05) is 5.32 Å². The van der Waals surface area contributed by atoms with Gasteiger partial charge in [0, 0.05) is 11.8 Å². The molecule has 2 aromatic rings. The van der Waals surface area contributed by atoms with Gasteiger partial charge in [-0.15, -0.1) is 0 Å². The molecule has 120 valence electrons. The predicted molar refractivity (Wildman–Crippen MR) is 88.2 cm³/mol. The lowest BCUT2D eigenvalue weighted by Gasteiger charge is -2.14. The molecule has 0 fully saturated rings. The number of pyridine rings is 1. The van der Waals surface area contributed by atoms with E-state index in [0.717, 1.165) is 11.3 Å². The Balaban J connectivity index is 2.17. The van der Waals surface area contributed by atoms with Crippen LogP contribution in [0.1, 0.15) is 35.9 Å². The van der Waals surface area contributed by atoms with E-state index in [1.165, 1.54) is 11.8 Å². The highest BCUT2D eigenvalue weighted by Gasteiger charge is 2.22. The molecular formula is C16H18N4O2S. The fraction of sp³-hybridized carbons (Fsp3) is 0.375. The molecule has 7 heteroatoms. The van der Waals surface area contributed by atoms with Crippen LogP contribution in [0, 0.1) is 32.1 Å². The molecule has 2 rings (SSSR count). The first-order valence-electron chi connectivity index (χ1n) is 7.23. The SMILES string of the molecule is CC[C@@H](Sc1nc(C)c(C)cc1C#N)C(=O)Nc1cc(C)on1. The summed E-state index contributed by atoms with van der Waals surface area (Å²) >= 11 is 1.29. The molecule has 0 unspecified atom stereocenters. The molecule has 2 aromatic heterocycles. The second kappa shape index (κ2) is 7.29. The van der Waals surface area contributed by atoms with Gasteiger partial charge in [0.05, 0.1) is 10.8 Å². The van der Waals surface area contributed by atoms with Gasteiger partial charge in [-0.3, -0.25) is 4.79 Å². The van der Waals surface area contributed by atoms with Crippen molar-refractivity contribution >= 4 is 23.5 Å². The maximum absolute atomic E-state index is 12.4. The molecule has 23 heavy (non-hydrogen) atoms. The Morgan fingerprint density at radius 3 is 2.74 bits per heavy atom. The maximum Gasteiger partial charge on any atom is 0.239 e. The van der Waals surface area contributed by atoms with Crippen LogP contribution in [0.3, 0.4) is 0 Å². The summed E-state index contributed by atoms with van der Waals surface area (Å²) in [5.74, 6) is 0.832. The summed E-state index contributed by atoms with van der Waals surface area (Å²) in [7, 11) is 0. The minimum absolute atomic E-state index is 0.185. The number of carbonyl (C=O) groups excluding carboxylic acids is 1. The normalized spacial score (nSPS) is 11.8. The van der Waals surface area contributed by atoms with Crippen molar-refractivity contribution in [3.8, 4) is 6.07 Å². The van der Waals surface area contributed by atoms with Crippen molar-refractivity contribution in [2.45, 2.75) is 44.4 Å². The average molecular weight is 330 g/mol. The fourth-order valence-corrected chi connectivity index (χ4v) is 2.97. The van der Waals surface area contributed by atoms with E-state index in [2.05, 4.69) is 21.5 Å². The summed E-state index contributed by atoms with van der Waals surface area (Å²) in [5, 5.41) is 16.0. The summed E-state index contributed by atoms with van der Waals surface area (Å²) in [6, 6.07) is 5.60. The molecule has 1 N–H and O–H groups in total. The van der Waals surface area contributed by atoms with Crippen LogP contribution in [0.4, 0.5) is 5.82 Å². The van der Waals surface area contributed by atoms with Gasteiger partial charge in [-0.2, -0.15) is 5.26 Å². The van der Waals surface area contributed by atoms with Crippen LogP contribution in [-0.4, -0.2) is 21.3 Å². The van der Waals surface area contributed by atoms with Crippen LogP contribution in [0.5, 0.6) is 0 Å². The number of carbonyl (C=O) groups is 1. The van der Waals surface area contributed by atoms with Gasteiger partial charge in [-0.1, -0.05) is 23.8 Å². The van der Waals surface area contributed by atoms with Crippen molar-refractivity contribution in [3.05, 3.63) is 34.7 Å². The van der Waals surface area contributed by atoms with Crippen molar-refractivity contribution in [3.63, 3.8) is 0 Å². The number of rotatable bonds is 5. The van der Waals surface area contributed by atoms with Gasteiger partial charge in [-0.05, 0) is 38.8 Å². The standard InChI is InChI=1S/C16H18N4O2S/c1-5-13(15(21)19-14-7-10(3)22-20-14)23-16-12(8-17)6-9(2)11(4)18-16/h6-7,13H,5H2,1-4H3,(H,19,20,21)/t13-/m1/s1. The number of nitrogens with one attached hydrogen (secondary N) is 1. The third kappa shape index (κ3) is 4.11. The summed E-state index contributed by atoms with van der Waals surface area (Å²) in [6.45, 7) is 7.47. The Hall–Kier alpha value is -2.33. The lowest BCUT2D eigenvalue weighted by molar-refractivity contribution is -0.115. The van der Waals surface area contributed by atoms with E-state index in [1.807, 2.05) is 20.8 Å². The van der Waals surface area contributed by atoms with E-state index in [0.29, 0.717) is 28.6 Å². The van der Waals surface area contributed by atoms with E-state index < -0.39 is 0 Å². The quantitative estimate of drug-likeness (QED) is 0.845. The summed E-state index contributed by atoms with van der Waals surface area (Å²) in [6.07, 6.45) is 0.604. The highest BCUT2D eigenvalue weighted by atomic mass is 32.2. The van der Waals surface area contributed by atoms with Gasteiger partial charge < -0.3 is 9.84 Å². The van der Waals surface area contributed by atoms with Gasteiger partial charge in [-0.25, -0.2) is 4.98 Å². The summed E-state index contributed by atoms with van der Waals surface area (Å²) < 4.78 is 4.94. The van der Waals surface area contributed by atoms with Gasteiger partial charge in [0.15, 0.2) is 5.82 Å². The number of thioether (sulfide) groups is 1. The monoisotopic (exact) mass is 330 g/mol. The van der Waals surface area contributed by atoms with Crippen molar-refractivity contribution < 1.29 is 9.32 Å². The first-order chi connectivity index (χ1) is 10.9. The third-order valence-corrected chi connectivity index (χ3v) is 4.71. The van der Waals surface area contributed by atoms with E-state index in [-0.39, 0.29) is 11.2 Å². The molecule has 0 bridgehead atoms. The topological polar surface area (TPSA) is 91.8 Å². The number of aromatic nitrogens is 2. The van der Waals surface area contributed by atoms with E-state index in [1.54, 1.807) is 19.1 Å². The minimum atomic E-state index is -0.367. The molecule has 0 aliphatic rings. The number of hydrogen-bond donors (Lipinski definition) is 1. The van der Waals surface area contributed by atoms with E-state index in [9.17, 15) is 10.1 Å². The van der Waals surface area contributed by atoms with Crippen molar-refractivity contribution in [2.24, 2.45) is 0 Å². The molecule has 1 amide bonds. The van der Waals surface area contributed by atoms with Crippen molar-refractivity contribution in [1.29, 1.82) is 5.26 Å². The lowest BCUT2D eigenvalue weighted by Crippen LogP contribution is -2.25. The number of aryl methyl sites for hydroxylation is 3. The molecule has 0 aromatic carbocycles. The number of nitriles is 1. The molecule has 6 nitrogen and oxygen atoms in total. The maximum atomic E-state index is 12.4. The molecule has 0 spiro atoms. The Morgan fingerprint density at radius 1 is 1.43 bits per heavy atom. The van der Waals surface area contributed by atoms with Gasteiger partial charge >= 0.3 is 0 Å². The summed E-state index contributed by atoms with van der Waals surface area (Å²) in [4.78, 5) is 16.8. The van der Waals surface area contributed by atoms with Crippen LogP contribution >= 0.6 is 11.8 Å². The van der Waals surface area contributed by atoms with Gasteiger partial charge in [0.1, 0.15) is 16.9 Å². The first kappa shape index (κ1) is 17.0. The smallest absolute Gasteiger partial charge is 0.239 e. The molecule has 2 heterocycles. The summed E-state index contributed by atoms with van der Waals surface area (Å²) in [5.41, 5.74) is 2.30. The number of hydrogen-bond acceptors (Lipinski definition) is 6. The Bertz CT molecular complexity index is 764. The number of amides is 1. The van der Waals surface area contributed by atoms with Crippen LogP contribution in [0.15, 0.2) is 21.7 Å². The molecule has 0 saturated carbocycles. The third-order valence-electron chi connectivity index (χ3n) is 3.35. The molecule has 0 aliphatic carbocycles. The highest BCUT2D eigenvalue weighted by Crippen LogP contribution is 2.29. The largest absolute Gasteiger partial charge is 0.360 e. The zero-order valence-electron chi connectivity index (χ0n) is 13.5. The number of anilines is 1. The van der Waals surface area contributed by atoms with Crippen LogP contribution in [-0.2, 0) is 4.79 Å². The second-order valence-electron chi connectivity index (χ2n) is 5.18. The zero-order chi connectivity index (χ0) is 17.0. The minimum Gasteiger partial charge on any atom is -0.360 e. The zero-order valence-corrected chi connectivity index (χ0v) is 14.3. The average Bonchev–Trinajstić information content (AvgIpc) is 2.92.